The lowest BCUT2D eigenvalue weighted by atomic mass is 9.97. The van der Waals surface area contributed by atoms with Crippen LogP contribution in [0.4, 0.5) is 0 Å². The number of carbonyl (C=O) groups is 3. The summed E-state index contributed by atoms with van der Waals surface area (Å²) in [5.41, 5.74) is 7.60. The van der Waals surface area contributed by atoms with E-state index in [1.165, 1.54) is 0 Å². The minimum Gasteiger partial charge on any atom is -0.452 e. The number of likely N-dealkylation sites (tertiary alicyclic amines) is 1. The summed E-state index contributed by atoms with van der Waals surface area (Å²) in [4.78, 5) is 37.2. The minimum absolute atomic E-state index is 0.293. The molecule has 1 aliphatic rings. The van der Waals surface area contributed by atoms with Crippen molar-refractivity contribution in [2.75, 3.05) is 19.7 Å². The smallest absolute Gasteiger partial charge is 0.340 e. The third kappa shape index (κ3) is 3.77. The first-order valence-corrected chi connectivity index (χ1v) is 8.26. The number of nitrogens with zero attached hydrogens (tertiary/aromatic N) is 2. The Hall–Kier alpha value is -2.31. The van der Waals surface area contributed by atoms with Gasteiger partial charge in [0.2, 0.25) is 5.91 Å². The molecule has 7 nitrogen and oxygen atoms in total. The van der Waals surface area contributed by atoms with Crippen molar-refractivity contribution in [1.29, 1.82) is 0 Å². The molecule has 2 amide bonds. The molecule has 0 unspecified atom stereocenters. The lowest BCUT2D eigenvalue weighted by molar-refractivity contribution is -0.137. The number of aryl methyl sites for hydroxylation is 1. The van der Waals surface area contributed by atoms with E-state index in [-0.39, 0.29) is 18.4 Å². The van der Waals surface area contributed by atoms with Crippen LogP contribution in [0.15, 0.2) is 6.07 Å². The van der Waals surface area contributed by atoms with Crippen molar-refractivity contribution in [1.82, 2.24) is 9.47 Å². The van der Waals surface area contributed by atoms with Crippen molar-refractivity contribution in [3.8, 4) is 0 Å². The Kier molecular flexibility index (Phi) is 5.64. The summed E-state index contributed by atoms with van der Waals surface area (Å²) in [5.74, 6) is -1.50. The number of primary amides is 1. The summed E-state index contributed by atoms with van der Waals surface area (Å²) in [6, 6.07) is 1.77. The third-order valence-corrected chi connectivity index (χ3v) is 4.61. The van der Waals surface area contributed by atoms with Crippen LogP contribution in [0.5, 0.6) is 0 Å². The first-order valence-electron chi connectivity index (χ1n) is 8.26. The van der Waals surface area contributed by atoms with Gasteiger partial charge in [-0.2, -0.15) is 0 Å². The van der Waals surface area contributed by atoms with Gasteiger partial charge in [-0.1, -0.05) is 0 Å². The monoisotopic (exact) mass is 335 g/mol. The van der Waals surface area contributed by atoms with Gasteiger partial charge in [0, 0.05) is 31.0 Å². The Balaban J connectivity index is 1.94. The molecule has 1 atom stereocenters. The molecule has 2 rings (SSSR count). The molecule has 0 radical (unpaired) electrons. The minimum atomic E-state index is -0.500. The molecule has 1 fully saturated rings. The fourth-order valence-corrected chi connectivity index (χ4v) is 3.23. The Labute approximate surface area is 141 Å². The van der Waals surface area contributed by atoms with Gasteiger partial charge in [-0.3, -0.25) is 9.59 Å². The maximum atomic E-state index is 12.2. The highest BCUT2D eigenvalue weighted by Crippen LogP contribution is 2.18. The number of rotatable bonds is 5. The fourth-order valence-electron chi connectivity index (χ4n) is 3.23. The molecule has 0 spiro atoms. The molecule has 132 valence electrons. The molecule has 1 saturated heterocycles. The molecule has 2 heterocycles. The highest BCUT2D eigenvalue weighted by Gasteiger charge is 2.27. The topological polar surface area (TPSA) is 94.6 Å². The highest BCUT2D eigenvalue weighted by atomic mass is 16.5. The summed E-state index contributed by atoms with van der Waals surface area (Å²) in [6.45, 7) is 7.10. The summed E-state index contributed by atoms with van der Waals surface area (Å²) in [7, 11) is 0. The van der Waals surface area contributed by atoms with Gasteiger partial charge in [0.05, 0.1) is 11.5 Å². The standard InChI is InChI=1S/C17H25N3O4/c1-4-20-11(2)8-14(12(20)3)17(23)24-10-15(21)19-7-5-6-13(9-19)16(18)22/h8,13H,4-7,9-10H2,1-3H3,(H2,18,22)/t13-/m1/s1. The molecule has 1 aromatic heterocycles. The van der Waals surface area contributed by atoms with Crippen molar-refractivity contribution < 1.29 is 19.1 Å². The third-order valence-electron chi connectivity index (χ3n) is 4.61. The van der Waals surface area contributed by atoms with Gasteiger partial charge in [-0.05, 0) is 39.7 Å². The number of ether oxygens (including phenoxy) is 1. The predicted octanol–water partition coefficient (Wildman–Crippen LogP) is 1.01. The summed E-state index contributed by atoms with van der Waals surface area (Å²) in [5, 5.41) is 0. The SMILES string of the molecule is CCn1c(C)cc(C(=O)OCC(=O)N2CCC[C@@H](C(N)=O)C2)c1C. The van der Waals surface area contributed by atoms with Crippen molar-refractivity contribution >= 4 is 17.8 Å². The first kappa shape index (κ1) is 18.0. The number of hydrogen-bond acceptors (Lipinski definition) is 4. The average molecular weight is 335 g/mol. The van der Waals surface area contributed by atoms with Gasteiger partial charge in [0.25, 0.3) is 5.91 Å². The Bertz CT molecular complexity index is 651. The van der Waals surface area contributed by atoms with E-state index in [1.807, 2.05) is 25.3 Å². The molecule has 0 aromatic carbocycles. The number of piperidine rings is 1. The second kappa shape index (κ2) is 7.51. The molecule has 2 N–H and O–H groups in total. The average Bonchev–Trinajstić information content (AvgIpc) is 2.86. The molecule has 1 aliphatic heterocycles. The van der Waals surface area contributed by atoms with E-state index in [4.69, 9.17) is 10.5 Å². The van der Waals surface area contributed by atoms with E-state index in [0.29, 0.717) is 25.1 Å². The van der Waals surface area contributed by atoms with Gasteiger partial charge in [-0.25, -0.2) is 4.79 Å². The first-order chi connectivity index (χ1) is 11.3. The number of esters is 1. The molecule has 24 heavy (non-hydrogen) atoms. The van der Waals surface area contributed by atoms with Crippen LogP contribution in [0.2, 0.25) is 0 Å². The van der Waals surface area contributed by atoms with Crippen LogP contribution in [-0.4, -0.2) is 46.9 Å². The lowest BCUT2D eigenvalue weighted by Crippen LogP contribution is -2.45. The van der Waals surface area contributed by atoms with Gasteiger partial charge in [-0.15, -0.1) is 0 Å². The number of hydrogen-bond donors (Lipinski definition) is 1. The van der Waals surface area contributed by atoms with Crippen LogP contribution in [-0.2, 0) is 20.9 Å². The van der Waals surface area contributed by atoms with Gasteiger partial charge >= 0.3 is 5.97 Å². The zero-order chi connectivity index (χ0) is 17.9. The lowest BCUT2D eigenvalue weighted by Gasteiger charge is -2.31. The molecule has 0 saturated carbocycles. The Morgan fingerprint density at radius 2 is 2.04 bits per heavy atom. The number of aromatic nitrogens is 1. The summed E-state index contributed by atoms with van der Waals surface area (Å²) in [6.07, 6.45) is 1.42. The Morgan fingerprint density at radius 3 is 2.62 bits per heavy atom. The summed E-state index contributed by atoms with van der Waals surface area (Å²) >= 11 is 0. The molecule has 0 bridgehead atoms. The molecule has 7 heteroatoms. The second-order valence-corrected chi connectivity index (χ2v) is 6.19. The number of amides is 2. The normalized spacial score (nSPS) is 17.6. The van der Waals surface area contributed by atoms with Crippen molar-refractivity contribution in [3.05, 3.63) is 23.0 Å². The van der Waals surface area contributed by atoms with Crippen LogP contribution in [0.25, 0.3) is 0 Å². The molecule has 1 aromatic rings. The quantitative estimate of drug-likeness (QED) is 0.812. The van der Waals surface area contributed by atoms with Crippen LogP contribution in [0, 0.1) is 19.8 Å². The maximum absolute atomic E-state index is 12.2. The largest absolute Gasteiger partial charge is 0.452 e. The van der Waals surface area contributed by atoms with E-state index in [1.54, 1.807) is 11.0 Å². The molecular weight excluding hydrogens is 310 g/mol. The van der Waals surface area contributed by atoms with Crippen LogP contribution < -0.4 is 5.73 Å². The Morgan fingerprint density at radius 1 is 1.33 bits per heavy atom. The number of nitrogens with two attached hydrogens (primary N) is 1. The van der Waals surface area contributed by atoms with E-state index in [9.17, 15) is 14.4 Å². The van der Waals surface area contributed by atoms with Gasteiger partial charge < -0.3 is 19.9 Å². The van der Waals surface area contributed by atoms with E-state index in [0.717, 1.165) is 24.4 Å². The van der Waals surface area contributed by atoms with E-state index in [2.05, 4.69) is 0 Å². The number of carbonyl (C=O) groups excluding carboxylic acids is 3. The van der Waals surface area contributed by atoms with Gasteiger partial charge in [0.15, 0.2) is 6.61 Å². The molecule has 0 aliphatic carbocycles. The van der Waals surface area contributed by atoms with E-state index >= 15 is 0 Å². The maximum Gasteiger partial charge on any atom is 0.340 e. The van der Waals surface area contributed by atoms with Crippen molar-refractivity contribution in [3.63, 3.8) is 0 Å². The predicted molar refractivity (Wildman–Crippen MR) is 88.4 cm³/mol. The van der Waals surface area contributed by atoms with Crippen molar-refractivity contribution in [2.24, 2.45) is 11.7 Å². The van der Waals surface area contributed by atoms with E-state index < -0.39 is 11.9 Å². The van der Waals surface area contributed by atoms with Gasteiger partial charge in [0.1, 0.15) is 0 Å². The van der Waals surface area contributed by atoms with Crippen molar-refractivity contribution in [2.45, 2.75) is 40.2 Å². The fraction of sp³-hybridized carbons (Fsp3) is 0.588. The highest BCUT2D eigenvalue weighted by molar-refractivity contribution is 5.92. The van der Waals surface area contributed by atoms with Crippen LogP contribution in [0.1, 0.15) is 41.5 Å². The van der Waals surface area contributed by atoms with Crippen LogP contribution >= 0.6 is 0 Å². The second-order valence-electron chi connectivity index (χ2n) is 6.19. The zero-order valence-corrected chi connectivity index (χ0v) is 14.5. The molecular formula is C17H25N3O4. The van der Waals surface area contributed by atoms with Crippen LogP contribution in [0.3, 0.4) is 0 Å². The summed E-state index contributed by atoms with van der Waals surface area (Å²) < 4.78 is 7.19. The zero-order valence-electron chi connectivity index (χ0n) is 14.5.